The second-order valence-corrected chi connectivity index (χ2v) is 3.08. The highest BCUT2D eigenvalue weighted by molar-refractivity contribution is 6.36. The van der Waals surface area contributed by atoms with Crippen LogP contribution in [0, 0.1) is 0 Å². The Bertz CT molecular complexity index is 466. The first kappa shape index (κ1) is 11.7. The monoisotopic (exact) mass is 222 g/mol. The third-order valence-electron chi connectivity index (χ3n) is 1.89. The summed E-state index contributed by atoms with van der Waals surface area (Å²) in [7, 11) is 0. The zero-order valence-corrected chi connectivity index (χ0v) is 8.10. The number of nitrogen functional groups attached to an aromatic ring is 1. The number of aromatic hydroxyl groups is 1. The maximum Gasteiger partial charge on any atom is 0.185 e. The minimum absolute atomic E-state index is 0.0638. The lowest BCUT2D eigenvalue weighted by Gasteiger charge is -2.05. The molecular formula is C10H8NO5-. The number of nitrogens with two attached hydrogens (primary N) is 1. The molecule has 0 unspecified atom stereocenters. The minimum atomic E-state index is -1.92. The highest BCUT2D eigenvalue weighted by atomic mass is 16.4. The summed E-state index contributed by atoms with van der Waals surface area (Å²) in [6.07, 6.45) is -0.837. The third kappa shape index (κ3) is 2.57. The molecule has 0 fully saturated rings. The van der Waals surface area contributed by atoms with Gasteiger partial charge in [-0.2, -0.15) is 0 Å². The zero-order chi connectivity index (χ0) is 12.3. The summed E-state index contributed by atoms with van der Waals surface area (Å²) in [6, 6.07) is 3.62. The van der Waals surface area contributed by atoms with Crippen molar-refractivity contribution in [2.24, 2.45) is 0 Å². The Kier molecular flexibility index (Phi) is 3.24. The summed E-state index contributed by atoms with van der Waals surface area (Å²) in [5.74, 6) is -4.22. The number of benzene rings is 1. The van der Waals surface area contributed by atoms with E-state index >= 15 is 0 Å². The molecule has 84 valence electrons. The number of Topliss-reactive ketones (excluding diaryl/α,β-unsaturated/α-hetero) is 2. The zero-order valence-electron chi connectivity index (χ0n) is 8.10. The molecule has 0 amide bonds. The van der Waals surface area contributed by atoms with Crippen molar-refractivity contribution in [1.82, 2.24) is 0 Å². The fourth-order valence-corrected chi connectivity index (χ4v) is 1.10. The van der Waals surface area contributed by atoms with Gasteiger partial charge in [0, 0.05) is 11.3 Å². The number of aliphatic carboxylic acids is 1. The minimum Gasteiger partial charge on any atom is -0.542 e. The van der Waals surface area contributed by atoms with E-state index < -0.39 is 24.0 Å². The predicted octanol–water partition coefficient (Wildman–Crippen LogP) is -1.13. The van der Waals surface area contributed by atoms with E-state index in [9.17, 15) is 19.5 Å². The molecular weight excluding hydrogens is 214 g/mol. The number of carboxylic acids is 1. The van der Waals surface area contributed by atoms with Crippen LogP contribution < -0.4 is 10.8 Å². The molecule has 0 aromatic heterocycles. The average Bonchev–Trinajstić information content (AvgIpc) is 2.21. The van der Waals surface area contributed by atoms with Gasteiger partial charge in [-0.3, -0.25) is 9.59 Å². The van der Waals surface area contributed by atoms with E-state index in [-0.39, 0.29) is 17.0 Å². The van der Waals surface area contributed by atoms with Gasteiger partial charge in [-0.05, 0) is 18.2 Å². The summed E-state index contributed by atoms with van der Waals surface area (Å²) in [5, 5.41) is 19.2. The number of ketones is 2. The van der Waals surface area contributed by atoms with Crippen LogP contribution in [0.5, 0.6) is 5.75 Å². The van der Waals surface area contributed by atoms with E-state index in [4.69, 9.17) is 10.8 Å². The van der Waals surface area contributed by atoms with Crippen molar-refractivity contribution in [2.45, 2.75) is 6.42 Å². The van der Waals surface area contributed by atoms with Crippen LogP contribution in [0.2, 0.25) is 0 Å². The molecule has 0 bridgehead atoms. The highest BCUT2D eigenvalue weighted by Crippen LogP contribution is 2.19. The number of anilines is 1. The lowest BCUT2D eigenvalue weighted by molar-refractivity contribution is -0.299. The Labute approximate surface area is 90.3 Å². The van der Waals surface area contributed by atoms with Gasteiger partial charge in [0.1, 0.15) is 11.7 Å². The molecule has 0 radical (unpaired) electrons. The number of phenolic OH excluding ortho intramolecular Hbond substituents is 1. The number of carboxylic acid groups (broad SMARTS) is 1. The van der Waals surface area contributed by atoms with Gasteiger partial charge in [0.2, 0.25) is 0 Å². The molecule has 0 atom stereocenters. The molecule has 1 aromatic carbocycles. The molecule has 6 heteroatoms. The van der Waals surface area contributed by atoms with E-state index in [1.165, 1.54) is 12.1 Å². The van der Waals surface area contributed by atoms with Crippen LogP contribution in [0.1, 0.15) is 16.8 Å². The summed E-state index contributed by atoms with van der Waals surface area (Å²) in [6.45, 7) is 0. The van der Waals surface area contributed by atoms with Crippen molar-refractivity contribution in [3.63, 3.8) is 0 Å². The van der Waals surface area contributed by atoms with Crippen LogP contribution in [0.3, 0.4) is 0 Å². The van der Waals surface area contributed by atoms with E-state index in [1.54, 1.807) is 0 Å². The fourth-order valence-electron chi connectivity index (χ4n) is 1.10. The second-order valence-electron chi connectivity index (χ2n) is 3.08. The largest absolute Gasteiger partial charge is 0.542 e. The summed E-state index contributed by atoms with van der Waals surface area (Å²) >= 11 is 0. The average molecular weight is 222 g/mol. The van der Waals surface area contributed by atoms with E-state index in [0.717, 1.165) is 6.07 Å². The third-order valence-corrected chi connectivity index (χ3v) is 1.89. The molecule has 0 saturated heterocycles. The smallest absolute Gasteiger partial charge is 0.185 e. The van der Waals surface area contributed by atoms with Crippen molar-refractivity contribution < 1.29 is 24.6 Å². The van der Waals surface area contributed by atoms with E-state index in [0.29, 0.717) is 0 Å². The molecule has 0 aliphatic carbocycles. The maximum atomic E-state index is 11.4. The van der Waals surface area contributed by atoms with Crippen molar-refractivity contribution in [1.29, 1.82) is 0 Å². The van der Waals surface area contributed by atoms with Crippen LogP contribution in [-0.4, -0.2) is 22.6 Å². The second kappa shape index (κ2) is 4.43. The van der Waals surface area contributed by atoms with Gasteiger partial charge in [0.15, 0.2) is 11.6 Å². The van der Waals surface area contributed by atoms with Crippen molar-refractivity contribution >= 4 is 23.2 Å². The number of carbonyl (C=O) groups is 3. The quantitative estimate of drug-likeness (QED) is 0.218. The molecule has 3 N–H and O–H groups in total. The van der Waals surface area contributed by atoms with E-state index in [2.05, 4.69) is 0 Å². The molecule has 0 heterocycles. The first-order chi connectivity index (χ1) is 7.41. The molecule has 6 nitrogen and oxygen atoms in total. The van der Waals surface area contributed by atoms with Crippen LogP contribution in [0.4, 0.5) is 5.69 Å². The first-order valence-electron chi connectivity index (χ1n) is 4.27. The Morgan fingerprint density at radius 3 is 2.50 bits per heavy atom. The Hall–Kier alpha value is -2.37. The lowest BCUT2D eigenvalue weighted by atomic mass is 10.0. The Morgan fingerprint density at radius 1 is 1.31 bits per heavy atom. The molecule has 1 rings (SSSR count). The summed E-state index contributed by atoms with van der Waals surface area (Å²) < 4.78 is 0. The predicted molar refractivity (Wildman–Crippen MR) is 51.5 cm³/mol. The summed E-state index contributed by atoms with van der Waals surface area (Å²) in [4.78, 5) is 32.3. The molecule has 0 spiro atoms. The Morgan fingerprint density at radius 2 is 1.94 bits per heavy atom. The fraction of sp³-hybridized carbons (Fsp3) is 0.100. The van der Waals surface area contributed by atoms with Crippen LogP contribution >= 0.6 is 0 Å². The summed E-state index contributed by atoms with van der Waals surface area (Å²) in [5.41, 5.74) is 5.41. The number of carbonyl (C=O) groups excluding carboxylic acids is 3. The van der Waals surface area contributed by atoms with Gasteiger partial charge in [-0.25, -0.2) is 0 Å². The van der Waals surface area contributed by atoms with Gasteiger partial charge in [-0.1, -0.05) is 0 Å². The lowest BCUT2D eigenvalue weighted by Crippen LogP contribution is -2.32. The van der Waals surface area contributed by atoms with Gasteiger partial charge in [-0.15, -0.1) is 0 Å². The molecule has 0 aliphatic rings. The van der Waals surface area contributed by atoms with E-state index in [1.807, 2.05) is 0 Å². The highest BCUT2D eigenvalue weighted by Gasteiger charge is 2.15. The van der Waals surface area contributed by atoms with Crippen molar-refractivity contribution in [2.75, 3.05) is 5.73 Å². The molecule has 0 aliphatic heterocycles. The number of hydrogen-bond acceptors (Lipinski definition) is 6. The molecule has 1 aromatic rings. The van der Waals surface area contributed by atoms with Gasteiger partial charge in [0.05, 0.1) is 6.42 Å². The molecule has 16 heavy (non-hydrogen) atoms. The number of phenols is 1. The first-order valence-corrected chi connectivity index (χ1v) is 4.27. The van der Waals surface area contributed by atoms with Crippen LogP contribution in [0.25, 0.3) is 0 Å². The topological polar surface area (TPSA) is 121 Å². The number of rotatable bonds is 4. The van der Waals surface area contributed by atoms with Gasteiger partial charge in [0.25, 0.3) is 0 Å². The van der Waals surface area contributed by atoms with Crippen molar-refractivity contribution in [3.8, 4) is 5.75 Å². The van der Waals surface area contributed by atoms with Gasteiger partial charge < -0.3 is 20.7 Å². The number of hydrogen-bond donors (Lipinski definition) is 2. The van der Waals surface area contributed by atoms with Crippen molar-refractivity contribution in [3.05, 3.63) is 23.8 Å². The standard InChI is InChI=1S/C10H9NO5/c11-7-2-1-5(12)3-6(7)8(13)4-9(14)10(15)16/h1-3,12H,4,11H2,(H,15,16)/p-1. The van der Waals surface area contributed by atoms with Crippen LogP contribution in [0.15, 0.2) is 18.2 Å². The normalized spacial score (nSPS) is 9.75. The van der Waals surface area contributed by atoms with Crippen LogP contribution in [-0.2, 0) is 9.59 Å². The van der Waals surface area contributed by atoms with Gasteiger partial charge >= 0.3 is 0 Å². The molecule has 0 saturated carbocycles. The SMILES string of the molecule is Nc1ccc(O)cc1C(=O)CC(=O)C(=O)[O-]. The maximum absolute atomic E-state index is 11.4. The Balaban J connectivity index is 2.93.